The van der Waals surface area contributed by atoms with E-state index in [-0.39, 0.29) is 5.41 Å². The Morgan fingerprint density at radius 3 is 2.08 bits per heavy atom. The van der Waals surface area contributed by atoms with Gasteiger partial charge in [-0.3, -0.25) is 0 Å². The van der Waals surface area contributed by atoms with Crippen LogP contribution in [-0.4, -0.2) is 5.11 Å². The highest BCUT2D eigenvalue weighted by Gasteiger charge is 2.19. The average Bonchev–Trinajstić information content (AvgIpc) is 1.94. The Hall–Kier alpha value is -0.980. The highest BCUT2D eigenvalue weighted by molar-refractivity contribution is 5.45. The third kappa shape index (κ3) is 2.03. The average molecular weight is 178 g/mol. The molecule has 1 N–H and O–H groups in total. The molecule has 0 aliphatic rings. The molecule has 0 fully saturated rings. The second kappa shape index (κ2) is 3.06. The predicted octanol–water partition coefficient (Wildman–Crippen LogP) is 3.31. The molecule has 1 rings (SSSR count). The van der Waals surface area contributed by atoms with Gasteiger partial charge in [0.2, 0.25) is 0 Å². The highest BCUT2D eigenvalue weighted by atomic mass is 16.3. The standard InChI is InChI=1S/C12H18O/c1-8-6-9(2)11(13)10(7-8)12(3,4)5/h6-7,13H,1-5H3. The van der Waals surface area contributed by atoms with Gasteiger partial charge < -0.3 is 5.11 Å². The van der Waals surface area contributed by atoms with Crippen molar-refractivity contribution in [3.63, 3.8) is 0 Å². The van der Waals surface area contributed by atoms with E-state index in [0.29, 0.717) is 5.75 Å². The summed E-state index contributed by atoms with van der Waals surface area (Å²) >= 11 is 0. The molecule has 0 aliphatic heterocycles. The number of hydrogen-bond acceptors (Lipinski definition) is 1. The molecule has 0 radical (unpaired) electrons. The summed E-state index contributed by atoms with van der Waals surface area (Å²) in [5.74, 6) is 0.443. The van der Waals surface area contributed by atoms with Gasteiger partial charge in [-0.15, -0.1) is 0 Å². The van der Waals surface area contributed by atoms with Crippen molar-refractivity contribution < 1.29 is 5.11 Å². The fourth-order valence-electron chi connectivity index (χ4n) is 1.53. The van der Waals surface area contributed by atoms with Gasteiger partial charge in [-0.25, -0.2) is 0 Å². The molecule has 0 bridgehead atoms. The van der Waals surface area contributed by atoms with Crippen LogP contribution in [0.25, 0.3) is 0 Å². The zero-order valence-electron chi connectivity index (χ0n) is 9.10. The molecule has 72 valence electrons. The van der Waals surface area contributed by atoms with Crippen LogP contribution in [0, 0.1) is 13.8 Å². The maximum absolute atomic E-state index is 9.86. The van der Waals surface area contributed by atoms with Gasteiger partial charge >= 0.3 is 0 Å². The number of benzene rings is 1. The van der Waals surface area contributed by atoms with Crippen LogP contribution in [0.2, 0.25) is 0 Å². The van der Waals surface area contributed by atoms with Crippen LogP contribution in [0.4, 0.5) is 0 Å². The fraction of sp³-hybridized carbons (Fsp3) is 0.500. The molecule has 0 aromatic heterocycles. The van der Waals surface area contributed by atoms with E-state index < -0.39 is 0 Å². The van der Waals surface area contributed by atoms with Gasteiger partial charge in [-0.2, -0.15) is 0 Å². The SMILES string of the molecule is Cc1cc(C)c(O)c(C(C)(C)C)c1. The van der Waals surface area contributed by atoms with E-state index in [9.17, 15) is 5.11 Å². The Kier molecular flexibility index (Phi) is 2.38. The van der Waals surface area contributed by atoms with Crippen LogP contribution >= 0.6 is 0 Å². The monoisotopic (exact) mass is 178 g/mol. The van der Waals surface area contributed by atoms with Crippen LogP contribution in [0.3, 0.4) is 0 Å². The van der Waals surface area contributed by atoms with E-state index >= 15 is 0 Å². The third-order valence-electron chi connectivity index (χ3n) is 2.25. The van der Waals surface area contributed by atoms with Crippen molar-refractivity contribution in [1.82, 2.24) is 0 Å². The Balaban J connectivity index is 3.37. The molecule has 0 saturated carbocycles. The zero-order valence-corrected chi connectivity index (χ0v) is 9.10. The van der Waals surface area contributed by atoms with E-state index in [1.165, 1.54) is 5.56 Å². The van der Waals surface area contributed by atoms with E-state index in [1.807, 2.05) is 13.0 Å². The van der Waals surface area contributed by atoms with Crippen molar-refractivity contribution in [2.75, 3.05) is 0 Å². The molecule has 1 nitrogen and oxygen atoms in total. The molecule has 0 unspecified atom stereocenters. The van der Waals surface area contributed by atoms with Crippen molar-refractivity contribution in [2.24, 2.45) is 0 Å². The quantitative estimate of drug-likeness (QED) is 0.646. The van der Waals surface area contributed by atoms with Gasteiger partial charge in [0, 0.05) is 0 Å². The van der Waals surface area contributed by atoms with Crippen LogP contribution in [0.1, 0.15) is 37.5 Å². The zero-order chi connectivity index (χ0) is 10.2. The Labute approximate surface area is 80.4 Å². The van der Waals surface area contributed by atoms with Gasteiger partial charge in [-0.05, 0) is 30.4 Å². The van der Waals surface area contributed by atoms with E-state index in [2.05, 4.69) is 33.8 Å². The summed E-state index contributed by atoms with van der Waals surface area (Å²) in [5, 5.41) is 9.86. The molecule has 0 atom stereocenters. The van der Waals surface area contributed by atoms with Crippen molar-refractivity contribution >= 4 is 0 Å². The van der Waals surface area contributed by atoms with Crippen LogP contribution in [0.15, 0.2) is 12.1 Å². The van der Waals surface area contributed by atoms with Crippen molar-refractivity contribution in [1.29, 1.82) is 0 Å². The molecular weight excluding hydrogens is 160 g/mol. The number of phenolic OH excluding ortho intramolecular Hbond substituents is 1. The molecular formula is C12H18O. The van der Waals surface area contributed by atoms with E-state index in [0.717, 1.165) is 11.1 Å². The summed E-state index contributed by atoms with van der Waals surface area (Å²) in [5.41, 5.74) is 3.22. The minimum Gasteiger partial charge on any atom is -0.507 e. The van der Waals surface area contributed by atoms with Gasteiger partial charge in [0.15, 0.2) is 0 Å². The summed E-state index contributed by atoms with van der Waals surface area (Å²) in [6.45, 7) is 10.3. The summed E-state index contributed by atoms with van der Waals surface area (Å²) in [6.07, 6.45) is 0. The number of aromatic hydroxyl groups is 1. The summed E-state index contributed by atoms with van der Waals surface area (Å²) in [7, 11) is 0. The lowest BCUT2D eigenvalue weighted by atomic mass is 9.84. The second-order valence-electron chi connectivity index (χ2n) is 4.73. The molecule has 1 aromatic rings. The minimum absolute atomic E-state index is 0.0147. The third-order valence-corrected chi connectivity index (χ3v) is 2.25. The van der Waals surface area contributed by atoms with E-state index in [4.69, 9.17) is 0 Å². The Morgan fingerprint density at radius 1 is 1.08 bits per heavy atom. The first-order valence-electron chi connectivity index (χ1n) is 4.63. The molecule has 0 amide bonds. The lowest BCUT2D eigenvalue weighted by Gasteiger charge is -2.22. The van der Waals surface area contributed by atoms with Gasteiger partial charge in [-0.1, -0.05) is 38.5 Å². The molecule has 0 saturated heterocycles. The minimum atomic E-state index is 0.0147. The maximum atomic E-state index is 9.86. The molecule has 0 heterocycles. The van der Waals surface area contributed by atoms with Crippen LogP contribution in [-0.2, 0) is 5.41 Å². The number of hydrogen-bond donors (Lipinski definition) is 1. The first kappa shape index (κ1) is 10.1. The fourth-order valence-corrected chi connectivity index (χ4v) is 1.53. The maximum Gasteiger partial charge on any atom is 0.122 e. The van der Waals surface area contributed by atoms with Gasteiger partial charge in [0.05, 0.1) is 0 Å². The molecule has 0 aliphatic carbocycles. The largest absolute Gasteiger partial charge is 0.507 e. The topological polar surface area (TPSA) is 20.2 Å². The molecule has 1 aromatic carbocycles. The first-order valence-corrected chi connectivity index (χ1v) is 4.63. The number of aryl methyl sites for hydroxylation is 2. The second-order valence-corrected chi connectivity index (χ2v) is 4.73. The smallest absolute Gasteiger partial charge is 0.122 e. The summed E-state index contributed by atoms with van der Waals surface area (Å²) in [6, 6.07) is 4.06. The normalized spacial score (nSPS) is 11.8. The highest BCUT2D eigenvalue weighted by Crippen LogP contribution is 2.33. The lowest BCUT2D eigenvalue weighted by Crippen LogP contribution is -2.12. The molecule has 1 heteroatoms. The first-order chi connectivity index (χ1) is 5.82. The molecule has 0 spiro atoms. The Bertz CT molecular complexity index is 319. The summed E-state index contributed by atoms with van der Waals surface area (Å²) in [4.78, 5) is 0. The Morgan fingerprint density at radius 2 is 1.62 bits per heavy atom. The van der Waals surface area contributed by atoms with Crippen molar-refractivity contribution in [3.8, 4) is 5.75 Å². The van der Waals surface area contributed by atoms with E-state index in [1.54, 1.807) is 0 Å². The predicted molar refractivity (Wildman–Crippen MR) is 56.3 cm³/mol. The lowest BCUT2D eigenvalue weighted by molar-refractivity contribution is 0.442. The van der Waals surface area contributed by atoms with Crippen LogP contribution < -0.4 is 0 Å². The van der Waals surface area contributed by atoms with Crippen LogP contribution in [0.5, 0.6) is 5.75 Å². The number of rotatable bonds is 0. The summed E-state index contributed by atoms with van der Waals surface area (Å²) < 4.78 is 0. The van der Waals surface area contributed by atoms with Crippen molar-refractivity contribution in [2.45, 2.75) is 40.0 Å². The van der Waals surface area contributed by atoms with Gasteiger partial charge in [0.1, 0.15) is 5.75 Å². The van der Waals surface area contributed by atoms with Crippen molar-refractivity contribution in [3.05, 3.63) is 28.8 Å². The number of phenols is 1. The molecule has 13 heavy (non-hydrogen) atoms. The van der Waals surface area contributed by atoms with Gasteiger partial charge in [0.25, 0.3) is 0 Å².